The van der Waals surface area contributed by atoms with Crippen LogP contribution in [0.5, 0.6) is 0 Å². The Balaban J connectivity index is 2.81. The van der Waals surface area contributed by atoms with Gasteiger partial charge >= 0.3 is 0 Å². The number of nitrogens with zero attached hydrogens (tertiary/aromatic N) is 1. The SMILES string of the molecule is CC1=CCC(C)(N=C=O)C=C1. The Morgan fingerprint density at radius 1 is 1.73 bits per heavy atom. The van der Waals surface area contributed by atoms with E-state index < -0.39 is 0 Å². The molecule has 0 saturated heterocycles. The first-order chi connectivity index (χ1) is 5.16. The molecule has 1 unspecified atom stereocenters. The van der Waals surface area contributed by atoms with Gasteiger partial charge in [-0.25, -0.2) is 4.79 Å². The molecule has 0 aromatic heterocycles. The van der Waals surface area contributed by atoms with Crippen molar-refractivity contribution in [2.75, 3.05) is 0 Å². The topological polar surface area (TPSA) is 29.4 Å². The number of aliphatic imine (C=N–C) groups is 1. The van der Waals surface area contributed by atoms with Crippen LogP contribution in [0.15, 0.2) is 28.8 Å². The van der Waals surface area contributed by atoms with Crippen LogP contribution in [0.2, 0.25) is 0 Å². The predicted octanol–water partition coefficient (Wildman–Crippen LogP) is 1.99. The van der Waals surface area contributed by atoms with Gasteiger partial charge in [0.25, 0.3) is 0 Å². The van der Waals surface area contributed by atoms with Crippen molar-refractivity contribution in [2.24, 2.45) is 4.99 Å². The van der Waals surface area contributed by atoms with Crippen LogP contribution in [0.4, 0.5) is 0 Å². The van der Waals surface area contributed by atoms with Crippen LogP contribution in [0.3, 0.4) is 0 Å². The lowest BCUT2D eigenvalue weighted by Gasteiger charge is -2.20. The Morgan fingerprint density at radius 3 is 2.91 bits per heavy atom. The molecule has 0 heterocycles. The van der Waals surface area contributed by atoms with Gasteiger partial charge < -0.3 is 0 Å². The average Bonchev–Trinajstić information content (AvgIpc) is 1.97. The molecule has 1 aliphatic carbocycles. The summed E-state index contributed by atoms with van der Waals surface area (Å²) in [5.74, 6) is 0. The van der Waals surface area contributed by atoms with Gasteiger partial charge in [0.2, 0.25) is 6.08 Å². The van der Waals surface area contributed by atoms with Gasteiger partial charge in [-0.3, -0.25) is 0 Å². The molecule has 0 aromatic carbocycles. The maximum absolute atomic E-state index is 10.0. The molecule has 1 atom stereocenters. The fourth-order valence-corrected chi connectivity index (χ4v) is 1.00. The van der Waals surface area contributed by atoms with Gasteiger partial charge in [-0.15, -0.1) is 0 Å². The van der Waals surface area contributed by atoms with E-state index in [0.29, 0.717) is 0 Å². The van der Waals surface area contributed by atoms with Gasteiger partial charge in [-0.2, -0.15) is 4.99 Å². The van der Waals surface area contributed by atoms with Crippen LogP contribution in [0.25, 0.3) is 0 Å². The van der Waals surface area contributed by atoms with Crippen molar-refractivity contribution in [3.05, 3.63) is 23.8 Å². The van der Waals surface area contributed by atoms with Gasteiger partial charge in [0.1, 0.15) is 0 Å². The van der Waals surface area contributed by atoms with Crippen molar-refractivity contribution in [2.45, 2.75) is 25.8 Å². The third-order valence-electron chi connectivity index (χ3n) is 1.84. The monoisotopic (exact) mass is 149 g/mol. The lowest BCUT2D eigenvalue weighted by molar-refractivity contribution is 0.538. The maximum Gasteiger partial charge on any atom is 0.235 e. The summed E-state index contributed by atoms with van der Waals surface area (Å²) in [6, 6.07) is 0. The van der Waals surface area contributed by atoms with E-state index in [9.17, 15) is 4.79 Å². The highest BCUT2D eigenvalue weighted by atomic mass is 16.1. The summed E-state index contributed by atoms with van der Waals surface area (Å²) in [5.41, 5.74) is 0.880. The van der Waals surface area contributed by atoms with Crippen molar-refractivity contribution in [1.29, 1.82) is 0 Å². The second-order valence-electron chi connectivity index (χ2n) is 3.05. The second kappa shape index (κ2) is 2.85. The molecule has 2 heteroatoms. The zero-order valence-electron chi connectivity index (χ0n) is 6.79. The number of carbonyl (C=O) groups excluding carboxylic acids is 1. The molecular weight excluding hydrogens is 138 g/mol. The normalized spacial score (nSPS) is 29.1. The van der Waals surface area contributed by atoms with E-state index in [0.717, 1.165) is 6.42 Å². The fourth-order valence-electron chi connectivity index (χ4n) is 1.00. The number of allylic oxidation sites excluding steroid dienone is 2. The van der Waals surface area contributed by atoms with Crippen molar-refractivity contribution < 1.29 is 4.79 Å². The van der Waals surface area contributed by atoms with E-state index >= 15 is 0 Å². The zero-order valence-corrected chi connectivity index (χ0v) is 6.79. The molecular formula is C9H11NO. The molecule has 58 valence electrons. The predicted molar refractivity (Wildman–Crippen MR) is 44.0 cm³/mol. The van der Waals surface area contributed by atoms with Crippen LogP contribution >= 0.6 is 0 Å². The Kier molecular flexibility index (Phi) is 2.06. The van der Waals surface area contributed by atoms with Crippen LogP contribution in [0.1, 0.15) is 20.3 Å². The molecule has 1 aliphatic rings. The van der Waals surface area contributed by atoms with Crippen molar-refractivity contribution >= 4 is 6.08 Å². The minimum atomic E-state index is -0.346. The number of isocyanates is 1. The summed E-state index contributed by atoms with van der Waals surface area (Å²) in [6.07, 6.45) is 8.37. The molecule has 0 fully saturated rings. The largest absolute Gasteiger partial charge is 0.235 e. The van der Waals surface area contributed by atoms with Crippen molar-refractivity contribution in [1.82, 2.24) is 0 Å². The molecule has 0 saturated carbocycles. The molecule has 2 nitrogen and oxygen atoms in total. The summed E-state index contributed by atoms with van der Waals surface area (Å²) in [4.78, 5) is 13.7. The number of rotatable bonds is 1. The average molecular weight is 149 g/mol. The van der Waals surface area contributed by atoms with E-state index in [2.05, 4.69) is 11.1 Å². The molecule has 0 radical (unpaired) electrons. The fraction of sp³-hybridized carbons (Fsp3) is 0.444. The van der Waals surface area contributed by atoms with Gasteiger partial charge in [-0.05, 0) is 20.3 Å². The standard InChI is InChI=1S/C9H11NO/c1-8-3-5-9(2,6-4-8)10-7-11/h3-5H,6H2,1-2H3. The van der Waals surface area contributed by atoms with Crippen LogP contribution in [-0.2, 0) is 4.79 Å². The highest BCUT2D eigenvalue weighted by Gasteiger charge is 2.19. The first-order valence-corrected chi connectivity index (χ1v) is 3.61. The molecule has 0 bridgehead atoms. The van der Waals surface area contributed by atoms with E-state index in [4.69, 9.17) is 0 Å². The molecule has 1 rings (SSSR count). The first kappa shape index (κ1) is 7.96. The van der Waals surface area contributed by atoms with E-state index in [1.54, 1.807) is 6.08 Å². The molecule has 11 heavy (non-hydrogen) atoms. The number of hydrogen-bond donors (Lipinski definition) is 0. The molecule has 0 N–H and O–H groups in total. The Morgan fingerprint density at radius 2 is 2.45 bits per heavy atom. The van der Waals surface area contributed by atoms with E-state index in [1.807, 2.05) is 26.0 Å². The van der Waals surface area contributed by atoms with Crippen molar-refractivity contribution in [3.63, 3.8) is 0 Å². The Bertz CT molecular complexity index is 259. The van der Waals surface area contributed by atoms with Crippen LogP contribution in [-0.4, -0.2) is 11.6 Å². The van der Waals surface area contributed by atoms with Crippen LogP contribution in [0, 0.1) is 0 Å². The number of hydrogen-bond acceptors (Lipinski definition) is 2. The lowest BCUT2D eigenvalue weighted by Crippen LogP contribution is -2.19. The van der Waals surface area contributed by atoms with Crippen LogP contribution < -0.4 is 0 Å². The van der Waals surface area contributed by atoms with Crippen molar-refractivity contribution in [3.8, 4) is 0 Å². The summed E-state index contributed by atoms with van der Waals surface area (Å²) in [7, 11) is 0. The zero-order chi connectivity index (χ0) is 8.32. The highest BCUT2D eigenvalue weighted by Crippen LogP contribution is 2.23. The minimum absolute atomic E-state index is 0.346. The summed E-state index contributed by atoms with van der Waals surface area (Å²) in [5, 5.41) is 0. The Hall–Kier alpha value is -1.14. The third kappa shape index (κ3) is 1.89. The van der Waals surface area contributed by atoms with E-state index in [-0.39, 0.29) is 5.54 Å². The van der Waals surface area contributed by atoms with Gasteiger partial charge in [-0.1, -0.05) is 23.8 Å². The lowest BCUT2D eigenvalue weighted by atomic mass is 9.92. The summed E-state index contributed by atoms with van der Waals surface area (Å²) in [6.45, 7) is 3.94. The van der Waals surface area contributed by atoms with Gasteiger partial charge in [0.15, 0.2) is 0 Å². The highest BCUT2D eigenvalue weighted by molar-refractivity contribution is 5.38. The first-order valence-electron chi connectivity index (χ1n) is 3.61. The molecule has 0 aliphatic heterocycles. The summed E-state index contributed by atoms with van der Waals surface area (Å²) < 4.78 is 0. The molecule has 0 spiro atoms. The van der Waals surface area contributed by atoms with E-state index in [1.165, 1.54) is 5.57 Å². The smallest absolute Gasteiger partial charge is 0.211 e. The minimum Gasteiger partial charge on any atom is -0.211 e. The quantitative estimate of drug-likeness (QED) is 0.414. The summed E-state index contributed by atoms with van der Waals surface area (Å²) >= 11 is 0. The molecule has 0 amide bonds. The Labute approximate surface area is 66.3 Å². The third-order valence-corrected chi connectivity index (χ3v) is 1.84. The second-order valence-corrected chi connectivity index (χ2v) is 3.05. The van der Waals surface area contributed by atoms with Gasteiger partial charge in [0.05, 0.1) is 5.54 Å². The van der Waals surface area contributed by atoms with Gasteiger partial charge in [0, 0.05) is 0 Å². The maximum atomic E-state index is 10.0. The molecule has 0 aromatic rings.